The molecule has 0 aromatic rings. The standard InChI is InChI=1S/C15H30N2O2/c1-3-4-5-6-7-8-9-10-11-17-13-12-16(2)14(17)15(18)19/h14H,3-13H2,1-2H3,(H,18,19). The van der Waals surface area contributed by atoms with E-state index in [0.717, 1.165) is 26.1 Å². The van der Waals surface area contributed by atoms with Crippen molar-refractivity contribution in [3.8, 4) is 0 Å². The topological polar surface area (TPSA) is 43.8 Å². The Bertz CT molecular complexity index is 259. The first-order valence-electron chi connectivity index (χ1n) is 7.84. The highest BCUT2D eigenvalue weighted by atomic mass is 16.4. The average molecular weight is 270 g/mol. The SMILES string of the molecule is CCCCCCCCCCN1CCN(C)C1C(=O)O. The van der Waals surface area contributed by atoms with Crippen LogP contribution in [-0.2, 0) is 4.79 Å². The van der Waals surface area contributed by atoms with Gasteiger partial charge in [-0.25, -0.2) is 4.79 Å². The molecule has 1 fully saturated rings. The van der Waals surface area contributed by atoms with Crippen molar-refractivity contribution in [1.82, 2.24) is 9.80 Å². The van der Waals surface area contributed by atoms with Gasteiger partial charge in [0.05, 0.1) is 0 Å². The van der Waals surface area contributed by atoms with Gasteiger partial charge in [0.25, 0.3) is 0 Å². The normalized spacial score (nSPS) is 21.1. The lowest BCUT2D eigenvalue weighted by Crippen LogP contribution is -2.43. The molecule has 0 bridgehead atoms. The van der Waals surface area contributed by atoms with Crippen molar-refractivity contribution >= 4 is 5.97 Å². The summed E-state index contributed by atoms with van der Waals surface area (Å²) in [6, 6.07) is 0. The Morgan fingerprint density at radius 2 is 1.63 bits per heavy atom. The summed E-state index contributed by atoms with van der Waals surface area (Å²) in [4.78, 5) is 15.2. The number of nitrogens with zero attached hydrogens (tertiary/aromatic N) is 2. The molecule has 0 radical (unpaired) electrons. The highest BCUT2D eigenvalue weighted by molar-refractivity contribution is 5.73. The number of carboxylic acids is 1. The number of hydrogen-bond acceptors (Lipinski definition) is 3. The summed E-state index contributed by atoms with van der Waals surface area (Å²) in [5, 5.41) is 9.19. The molecule has 0 aliphatic carbocycles. The van der Waals surface area contributed by atoms with E-state index in [-0.39, 0.29) is 0 Å². The molecule has 0 saturated carbocycles. The summed E-state index contributed by atoms with van der Waals surface area (Å²) in [7, 11) is 1.90. The zero-order chi connectivity index (χ0) is 14.1. The monoisotopic (exact) mass is 270 g/mol. The van der Waals surface area contributed by atoms with Crippen molar-refractivity contribution in [2.75, 3.05) is 26.7 Å². The molecule has 0 aromatic heterocycles. The third kappa shape index (κ3) is 5.91. The minimum absolute atomic E-state index is 0.399. The van der Waals surface area contributed by atoms with E-state index < -0.39 is 12.1 Å². The van der Waals surface area contributed by atoms with Crippen LogP contribution in [0.2, 0.25) is 0 Å². The smallest absolute Gasteiger partial charge is 0.336 e. The maximum Gasteiger partial charge on any atom is 0.336 e. The molecule has 0 spiro atoms. The quantitative estimate of drug-likeness (QED) is 0.620. The third-order valence-electron chi connectivity index (χ3n) is 4.02. The Balaban J connectivity index is 2.04. The van der Waals surface area contributed by atoms with Crippen LogP contribution < -0.4 is 0 Å². The second kappa shape index (κ2) is 9.32. The van der Waals surface area contributed by atoms with Crippen molar-refractivity contribution in [2.24, 2.45) is 0 Å². The molecule has 0 aromatic carbocycles. The van der Waals surface area contributed by atoms with Crippen LogP contribution in [0.15, 0.2) is 0 Å². The van der Waals surface area contributed by atoms with E-state index in [2.05, 4.69) is 11.8 Å². The van der Waals surface area contributed by atoms with Gasteiger partial charge < -0.3 is 5.11 Å². The van der Waals surface area contributed by atoms with Gasteiger partial charge >= 0.3 is 5.97 Å². The summed E-state index contributed by atoms with van der Waals surface area (Å²) in [6.07, 6.45) is 9.99. The second-order valence-electron chi connectivity index (χ2n) is 5.70. The molecule has 0 amide bonds. The molecule has 1 saturated heterocycles. The molecular weight excluding hydrogens is 240 g/mol. The van der Waals surface area contributed by atoms with E-state index in [4.69, 9.17) is 0 Å². The largest absolute Gasteiger partial charge is 0.479 e. The second-order valence-corrected chi connectivity index (χ2v) is 5.70. The van der Waals surface area contributed by atoms with E-state index in [1.165, 1.54) is 44.9 Å². The number of carbonyl (C=O) groups is 1. The van der Waals surface area contributed by atoms with Gasteiger partial charge in [0, 0.05) is 19.6 Å². The molecule has 1 aliphatic rings. The first kappa shape index (κ1) is 16.4. The van der Waals surface area contributed by atoms with Crippen LogP contribution in [0.5, 0.6) is 0 Å². The van der Waals surface area contributed by atoms with Gasteiger partial charge in [-0.05, 0) is 13.5 Å². The van der Waals surface area contributed by atoms with E-state index in [9.17, 15) is 9.90 Å². The predicted molar refractivity (Wildman–Crippen MR) is 78.2 cm³/mol. The number of carboxylic acid groups (broad SMARTS) is 1. The predicted octanol–water partition coefficient (Wildman–Crippen LogP) is 2.79. The lowest BCUT2D eigenvalue weighted by Gasteiger charge is -2.23. The van der Waals surface area contributed by atoms with Gasteiger partial charge in [0.15, 0.2) is 6.17 Å². The molecule has 112 valence electrons. The molecular formula is C15H30N2O2. The Morgan fingerprint density at radius 3 is 2.21 bits per heavy atom. The number of likely N-dealkylation sites (N-methyl/N-ethyl adjacent to an activating group) is 1. The van der Waals surface area contributed by atoms with Crippen molar-refractivity contribution in [3.05, 3.63) is 0 Å². The van der Waals surface area contributed by atoms with Crippen molar-refractivity contribution in [2.45, 2.75) is 64.5 Å². The summed E-state index contributed by atoms with van der Waals surface area (Å²) in [5.74, 6) is -0.709. The van der Waals surface area contributed by atoms with Gasteiger partial charge in [-0.1, -0.05) is 51.9 Å². The Labute approximate surface area is 117 Å². The van der Waals surface area contributed by atoms with Crippen LogP contribution in [0.4, 0.5) is 0 Å². The zero-order valence-electron chi connectivity index (χ0n) is 12.6. The molecule has 4 heteroatoms. The Kier molecular flexibility index (Phi) is 8.07. The fourth-order valence-corrected chi connectivity index (χ4v) is 2.84. The highest BCUT2D eigenvalue weighted by Crippen LogP contribution is 2.15. The number of rotatable bonds is 10. The molecule has 4 nitrogen and oxygen atoms in total. The zero-order valence-corrected chi connectivity index (χ0v) is 12.6. The Morgan fingerprint density at radius 1 is 1.05 bits per heavy atom. The van der Waals surface area contributed by atoms with Crippen molar-refractivity contribution < 1.29 is 9.90 Å². The van der Waals surface area contributed by atoms with Crippen LogP contribution >= 0.6 is 0 Å². The molecule has 1 atom stereocenters. The van der Waals surface area contributed by atoms with Crippen molar-refractivity contribution in [3.63, 3.8) is 0 Å². The van der Waals surface area contributed by atoms with Crippen LogP contribution in [-0.4, -0.2) is 53.7 Å². The van der Waals surface area contributed by atoms with E-state index >= 15 is 0 Å². The first-order chi connectivity index (χ1) is 9.16. The maximum absolute atomic E-state index is 11.2. The van der Waals surface area contributed by atoms with Crippen LogP contribution in [0.25, 0.3) is 0 Å². The summed E-state index contributed by atoms with van der Waals surface area (Å²) < 4.78 is 0. The van der Waals surface area contributed by atoms with Crippen molar-refractivity contribution in [1.29, 1.82) is 0 Å². The minimum atomic E-state index is -0.709. The molecule has 1 unspecified atom stereocenters. The van der Waals surface area contributed by atoms with Gasteiger partial charge in [-0.3, -0.25) is 9.80 Å². The summed E-state index contributed by atoms with van der Waals surface area (Å²) in [5.41, 5.74) is 0. The first-order valence-corrected chi connectivity index (χ1v) is 7.84. The molecule has 19 heavy (non-hydrogen) atoms. The number of unbranched alkanes of at least 4 members (excludes halogenated alkanes) is 7. The lowest BCUT2D eigenvalue weighted by atomic mass is 10.1. The van der Waals surface area contributed by atoms with Gasteiger partial charge in [0.1, 0.15) is 0 Å². The van der Waals surface area contributed by atoms with Gasteiger partial charge in [-0.15, -0.1) is 0 Å². The maximum atomic E-state index is 11.2. The van der Waals surface area contributed by atoms with Gasteiger partial charge in [-0.2, -0.15) is 0 Å². The highest BCUT2D eigenvalue weighted by Gasteiger charge is 2.34. The molecule has 1 heterocycles. The molecule has 1 N–H and O–H groups in total. The van der Waals surface area contributed by atoms with Crippen LogP contribution in [0.1, 0.15) is 58.3 Å². The third-order valence-corrected chi connectivity index (χ3v) is 4.02. The Hall–Kier alpha value is -0.610. The molecule has 1 rings (SSSR count). The fourth-order valence-electron chi connectivity index (χ4n) is 2.84. The minimum Gasteiger partial charge on any atom is -0.479 e. The fraction of sp³-hybridized carbons (Fsp3) is 0.933. The molecule has 1 aliphatic heterocycles. The van der Waals surface area contributed by atoms with Crippen LogP contribution in [0.3, 0.4) is 0 Å². The number of hydrogen-bond donors (Lipinski definition) is 1. The van der Waals surface area contributed by atoms with E-state index in [1.54, 1.807) is 0 Å². The van der Waals surface area contributed by atoms with Crippen LogP contribution in [0, 0.1) is 0 Å². The van der Waals surface area contributed by atoms with Gasteiger partial charge in [0.2, 0.25) is 0 Å². The average Bonchev–Trinajstić information content (AvgIpc) is 2.74. The summed E-state index contributed by atoms with van der Waals surface area (Å²) in [6.45, 7) is 4.93. The van der Waals surface area contributed by atoms with E-state index in [1.807, 2.05) is 11.9 Å². The summed E-state index contributed by atoms with van der Waals surface area (Å²) >= 11 is 0. The van der Waals surface area contributed by atoms with E-state index in [0.29, 0.717) is 0 Å². The lowest BCUT2D eigenvalue weighted by molar-refractivity contribution is -0.146. The number of aliphatic carboxylic acids is 1.